The van der Waals surface area contributed by atoms with Crippen LogP contribution in [-0.4, -0.2) is 20.7 Å². The summed E-state index contributed by atoms with van der Waals surface area (Å²) in [6, 6.07) is 1.98. The van der Waals surface area contributed by atoms with Crippen molar-refractivity contribution in [3.8, 4) is 0 Å². The Morgan fingerprint density at radius 2 is 1.94 bits per heavy atom. The molecule has 17 heavy (non-hydrogen) atoms. The monoisotopic (exact) mass is 280 g/mol. The molecule has 0 amide bonds. The quantitative estimate of drug-likeness (QED) is 0.741. The molecule has 1 aliphatic rings. The third-order valence-corrected chi connectivity index (χ3v) is 6.11. The molecule has 3 rings (SSSR count). The lowest BCUT2D eigenvalue weighted by Gasteiger charge is -2.09. The van der Waals surface area contributed by atoms with Gasteiger partial charge in [-0.1, -0.05) is 12.2 Å². The second-order valence-electron chi connectivity index (χ2n) is 4.07. The van der Waals surface area contributed by atoms with Crippen LogP contribution < -0.4 is 10.2 Å². The van der Waals surface area contributed by atoms with Gasteiger partial charge in [-0.3, -0.25) is 0 Å². The van der Waals surface area contributed by atoms with Gasteiger partial charge in [-0.2, -0.15) is 22.7 Å². The first-order valence-corrected chi connectivity index (χ1v) is 8.85. The van der Waals surface area contributed by atoms with E-state index in [1.807, 2.05) is 34.4 Å². The predicted octanol–water partition coefficient (Wildman–Crippen LogP) is 1.44. The summed E-state index contributed by atoms with van der Waals surface area (Å²) in [5, 5.41) is 5.89. The molecule has 0 bridgehead atoms. The Hall–Kier alpha value is -0.845. The van der Waals surface area contributed by atoms with Gasteiger partial charge in [-0.25, -0.2) is 8.42 Å². The third-order valence-electron chi connectivity index (χ3n) is 2.84. The Morgan fingerprint density at radius 3 is 2.71 bits per heavy atom. The number of hydrogen-bond donors (Lipinski definition) is 0. The maximum atomic E-state index is 12.0. The zero-order valence-electron chi connectivity index (χ0n) is 9.08. The van der Waals surface area contributed by atoms with Crippen LogP contribution in [-0.2, 0) is 9.69 Å². The van der Waals surface area contributed by atoms with Crippen LogP contribution in [0, 0.1) is 0 Å². The normalized spacial score (nSPS) is 14.3. The van der Waals surface area contributed by atoms with Gasteiger partial charge >= 0.3 is 5.99 Å². The molecule has 0 aliphatic carbocycles. The van der Waals surface area contributed by atoms with Crippen LogP contribution in [0.3, 0.4) is 0 Å². The highest BCUT2D eigenvalue weighted by Crippen LogP contribution is 2.19. The van der Waals surface area contributed by atoms with Crippen LogP contribution in [0.4, 0.5) is 0 Å². The molecule has 2 aromatic heterocycles. The fourth-order valence-electron chi connectivity index (χ4n) is 2.09. The zero-order chi connectivity index (χ0) is 12.0. The number of thiophene rings is 2. The van der Waals surface area contributed by atoms with E-state index in [2.05, 4.69) is 0 Å². The highest BCUT2D eigenvalue weighted by Gasteiger charge is 2.36. The summed E-state index contributed by atoms with van der Waals surface area (Å²) < 4.78 is 25.0. The van der Waals surface area contributed by atoms with Crippen LogP contribution in [0.5, 0.6) is 0 Å². The van der Waals surface area contributed by atoms with Crippen LogP contribution in [0.15, 0.2) is 22.2 Å². The van der Waals surface area contributed by atoms with Crippen molar-refractivity contribution in [3.05, 3.63) is 33.3 Å². The first-order valence-electron chi connectivity index (χ1n) is 5.08. The average molecular weight is 280 g/mol. The molecule has 2 aromatic rings. The summed E-state index contributed by atoms with van der Waals surface area (Å²) in [7, 11) is -3.14. The number of rotatable bonds is 1. The summed E-state index contributed by atoms with van der Waals surface area (Å²) >= 11 is 3.07. The van der Waals surface area contributed by atoms with Gasteiger partial charge in [0.25, 0.3) is 0 Å². The highest BCUT2D eigenvalue weighted by molar-refractivity contribution is 8.21. The summed E-state index contributed by atoms with van der Waals surface area (Å²) in [4.78, 5) is 0. The molecular weight excluding hydrogens is 271 g/mol. The van der Waals surface area contributed by atoms with Crippen LogP contribution in [0.2, 0.25) is 0 Å². The third kappa shape index (κ3) is 1.80. The lowest BCUT2D eigenvalue weighted by Crippen LogP contribution is -2.48. The van der Waals surface area contributed by atoms with Gasteiger partial charge in [-0.05, 0) is 38.8 Å². The van der Waals surface area contributed by atoms with Gasteiger partial charge in [0.15, 0.2) is 0 Å². The van der Waals surface area contributed by atoms with Gasteiger partial charge in [0.05, 0.1) is 0 Å². The molecule has 0 unspecified atom stereocenters. The van der Waals surface area contributed by atoms with E-state index >= 15 is 0 Å². The van der Waals surface area contributed by atoms with Crippen molar-refractivity contribution < 1.29 is 8.42 Å². The number of hydrogen-bond acceptors (Lipinski definition) is 4. The summed E-state index contributed by atoms with van der Waals surface area (Å²) in [5.41, 5.74) is 2.95. The van der Waals surface area contributed by atoms with E-state index in [1.165, 1.54) is 17.6 Å². The molecule has 6 heteroatoms. The molecule has 0 saturated heterocycles. The van der Waals surface area contributed by atoms with Crippen LogP contribution in [0.1, 0.15) is 11.1 Å². The van der Waals surface area contributed by atoms with E-state index in [0.29, 0.717) is 0 Å². The topological polar surface area (TPSA) is 34.1 Å². The zero-order valence-corrected chi connectivity index (χ0v) is 11.5. The van der Waals surface area contributed by atoms with Crippen molar-refractivity contribution in [3.63, 3.8) is 0 Å². The Bertz CT molecular complexity index is 650. The molecule has 0 aromatic carbocycles. The first-order chi connectivity index (χ1) is 8.07. The van der Waals surface area contributed by atoms with E-state index in [-0.39, 0.29) is 0 Å². The van der Waals surface area contributed by atoms with Crippen molar-refractivity contribution in [1.29, 1.82) is 0 Å². The SMILES string of the molecule is CS(=O)(=O)B1c2cscc2C=Cc2ccsc21. The Kier molecular flexibility index (Phi) is 2.54. The smallest absolute Gasteiger partial charge is 0.240 e. The van der Waals surface area contributed by atoms with Crippen molar-refractivity contribution in [2.75, 3.05) is 6.26 Å². The molecule has 0 spiro atoms. The van der Waals surface area contributed by atoms with Crippen molar-refractivity contribution in [2.45, 2.75) is 0 Å². The van der Waals surface area contributed by atoms with Gasteiger partial charge in [0.2, 0.25) is 0 Å². The minimum atomic E-state index is -3.14. The largest absolute Gasteiger partial charge is 0.367 e. The van der Waals surface area contributed by atoms with Gasteiger partial charge in [-0.15, -0.1) is 0 Å². The average Bonchev–Trinajstić information content (AvgIpc) is 2.82. The molecule has 0 atom stereocenters. The molecule has 0 N–H and O–H groups in total. The van der Waals surface area contributed by atoms with Gasteiger partial charge in [0.1, 0.15) is 9.69 Å². The summed E-state index contributed by atoms with van der Waals surface area (Å²) in [6.07, 6.45) is 5.32. The molecule has 0 saturated carbocycles. The Morgan fingerprint density at radius 1 is 1.18 bits per heavy atom. The van der Waals surface area contributed by atoms with Gasteiger partial charge in [0, 0.05) is 11.0 Å². The standard InChI is InChI=1S/C11H9BO2S3/c1-17(13,14)12-10-7-15-6-9(10)3-2-8-4-5-16-11(8)12/h2-7H,1H3. The number of fused-ring (bicyclic) bond motifs is 2. The van der Waals surface area contributed by atoms with E-state index in [1.54, 1.807) is 11.3 Å². The lowest BCUT2D eigenvalue weighted by molar-refractivity contribution is 0.614. The fraction of sp³-hybridized carbons (Fsp3) is 0.0909. The van der Waals surface area contributed by atoms with E-state index in [4.69, 9.17) is 0 Å². The van der Waals surface area contributed by atoms with Gasteiger partial charge < -0.3 is 0 Å². The van der Waals surface area contributed by atoms with Crippen LogP contribution in [0.25, 0.3) is 12.2 Å². The van der Waals surface area contributed by atoms with E-state index in [9.17, 15) is 8.42 Å². The second-order valence-corrected chi connectivity index (χ2v) is 7.89. The van der Waals surface area contributed by atoms with E-state index < -0.39 is 15.7 Å². The maximum Gasteiger partial charge on any atom is 0.367 e. The minimum absolute atomic E-state index is 0.506. The van der Waals surface area contributed by atoms with Crippen LogP contribution >= 0.6 is 22.7 Å². The summed E-state index contributed by atoms with van der Waals surface area (Å²) in [6.45, 7) is 0. The van der Waals surface area contributed by atoms with Crippen molar-refractivity contribution >= 4 is 60.7 Å². The molecule has 2 nitrogen and oxygen atoms in total. The minimum Gasteiger partial charge on any atom is -0.240 e. The van der Waals surface area contributed by atoms with E-state index in [0.717, 1.165) is 21.4 Å². The Balaban J connectivity index is 2.34. The molecular formula is C11H9BO2S3. The molecule has 0 fully saturated rings. The lowest BCUT2D eigenvalue weighted by atomic mass is 9.66. The fourth-order valence-corrected chi connectivity index (χ4v) is 5.79. The summed E-state index contributed by atoms with van der Waals surface area (Å²) in [5.74, 6) is -0.506. The van der Waals surface area contributed by atoms with Crippen molar-refractivity contribution in [2.24, 2.45) is 0 Å². The molecule has 86 valence electrons. The molecule has 1 aliphatic heterocycles. The first kappa shape index (κ1) is 11.3. The molecule has 0 radical (unpaired) electrons. The Labute approximate surface area is 109 Å². The second kappa shape index (κ2) is 3.83. The highest BCUT2D eigenvalue weighted by atomic mass is 32.2. The molecule has 3 heterocycles. The van der Waals surface area contributed by atoms with Crippen molar-refractivity contribution in [1.82, 2.24) is 0 Å². The predicted molar refractivity (Wildman–Crippen MR) is 77.4 cm³/mol. The maximum absolute atomic E-state index is 12.0.